The third-order valence-electron chi connectivity index (χ3n) is 2.85. The molecule has 3 heteroatoms. The number of hydrogen-bond acceptors (Lipinski definition) is 1. The minimum atomic E-state index is -0.309. The van der Waals surface area contributed by atoms with Crippen molar-refractivity contribution in [2.45, 2.75) is 13.5 Å². The van der Waals surface area contributed by atoms with Gasteiger partial charge in [-0.25, -0.2) is 4.39 Å². The summed E-state index contributed by atoms with van der Waals surface area (Å²) >= 11 is 5.88. The smallest absolute Gasteiger partial charge is 0.125 e. The SMILES string of the molecule is CNCc1ccc(-c2cc(F)cc(Cl)c2)c(C)c1. The Morgan fingerprint density at radius 3 is 2.56 bits per heavy atom. The average molecular weight is 264 g/mol. The van der Waals surface area contributed by atoms with Crippen molar-refractivity contribution in [1.82, 2.24) is 5.32 Å². The number of aryl methyl sites for hydroxylation is 1. The summed E-state index contributed by atoms with van der Waals surface area (Å²) in [4.78, 5) is 0. The Balaban J connectivity index is 2.44. The van der Waals surface area contributed by atoms with Crippen LogP contribution in [0.3, 0.4) is 0 Å². The summed E-state index contributed by atoms with van der Waals surface area (Å²) in [6.45, 7) is 2.85. The van der Waals surface area contributed by atoms with E-state index in [-0.39, 0.29) is 5.82 Å². The summed E-state index contributed by atoms with van der Waals surface area (Å²) in [5, 5.41) is 3.53. The summed E-state index contributed by atoms with van der Waals surface area (Å²) < 4.78 is 13.4. The highest BCUT2D eigenvalue weighted by molar-refractivity contribution is 6.30. The third-order valence-corrected chi connectivity index (χ3v) is 3.06. The largest absolute Gasteiger partial charge is 0.316 e. The van der Waals surface area contributed by atoms with Crippen LogP contribution in [-0.4, -0.2) is 7.05 Å². The minimum Gasteiger partial charge on any atom is -0.316 e. The molecule has 0 amide bonds. The van der Waals surface area contributed by atoms with Crippen molar-refractivity contribution in [3.8, 4) is 11.1 Å². The van der Waals surface area contributed by atoms with Gasteiger partial charge in [-0.3, -0.25) is 0 Å². The maximum Gasteiger partial charge on any atom is 0.125 e. The van der Waals surface area contributed by atoms with Crippen LogP contribution in [0.25, 0.3) is 11.1 Å². The molecule has 0 heterocycles. The number of hydrogen-bond donors (Lipinski definition) is 1. The summed E-state index contributed by atoms with van der Waals surface area (Å²) in [5.41, 5.74) is 4.15. The number of nitrogens with one attached hydrogen (secondary N) is 1. The standard InChI is InChI=1S/C15H15ClFN/c1-10-5-11(9-18-2)3-4-15(10)12-6-13(16)8-14(17)7-12/h3-8,18H,9H2,1-2H3. The molecule has 94 valence electrons. The molecule has 0 unspecified atom stereocenters. The van der Waals surface area contributed by atoms with Gasteiger partial charge in [0.1, 0.15) is 5.82 Å². The molecule has 0 spiro atoms. The lowest BCUT2D eigenvalue weighted by Crippen LogP contribution is -2.05. The van der Waals surface area contributed by atoms with Crippen LogP contribution in [0, 0.1) is 12.7 Å². The molecule has 0 aromatic heterocycles. The van der Waals surface area contributed by atoms with E-state index < -0.39 is 0 Å². The van der Waals surface area contributed by atoms with Crippen molar-refractivity contribution in [3.63, 3.8) is 0 Å². The topological polar surface area (TPSA) is 12.0 Å². The van der Waals surface area contributed by atoms with E-state index in [1.807, 2.05) is 26.1 Å². The zero-order valence-electron chi connectivity index (χ0n) is 10.4. The van der Waals surface area contributed by atoms with Crippen LogP contribution >= 0.6 is 11.6 Å². The second kappa shape index (κ2) is 5.51. The maximum atomic E-state index is 13.4. The molecular formula is C15H15ClFN. The molecule has 0 saturated heterocycles. The van der Waals surface area contributed by atoms with Gasteiger partial charge < -0.3 is 5.32 Å². The Hall–Kier alpha value is -1.38. The normalized spacial score (nSPS) is 10.7. The molecule has 1 N–H and O–H groups in total. The van der Waals surface area contributed by atoms with Crippen molar-refractivity contribution in [3.05, 3.63) is 58.4 Å². The van der Waals surface area contributed by atoms with Gasteiger partial charge in [0, 0.05) is 11.6 Å². The first kappa shape index (κ1) is 13.1. The van der Waals surface area contributed by atoms with Gasteiger partial charge in [-0.15, -0.1) is 0 Å². The maximum absolute atomic E-state index is 13.4. The molecule has 2 aromatic carbocycles. The quantitative estimate of drug-likeness (QED) is 0.876. The predicted molar refractivity (Wildman–Crippen MR) is 74.3 cm³/mol. The summed E-state index contributed by atoms with van der Waals surface area (Å²) in [5.74, 6) is -0.309. The van der Waals surface area contributed by atoms with Crippen LogP contribution in [0.5, 0.6) is 0 Å². The lowest BCUT2D eigenvalue weighted by atomic mass is 9.98. The van der Waals surface area contributed by atoms with Crippen molar-refractivity contribution in [2.75, 3.05) is 7.05 Å². The van der Waals surface area contributed by atoms with E-state index in [1.54, 1.807) is 6.07 Å². The van der Waals surface area contributed by atoms with E-state index in [0.717, 1.165) is 23.2 Å². The number of halogens is 2. The van der Waals surface area contributed by atoms with E-state index in [0.29, 0.717) is 5.02 Å². The van der Waals surface area contributed by atoms with E-state index in [9.17, 15) is 4.39 Å². The number of benzene rings is 2. The molecule has 2 rings (SSSR count). The molecule has 0 aliphatic heterocycles. The van der Waals surface area contributed by atoms with Crippen molar-refractivity contribution in [2.24, 2.45) is 0 Å². The molecular weight excluding hydrogens is 249 g/mol. The minimum absolute atomic E-state index is 0.309. The van der Waals surface area contributed by atoms with Gasteiger partial charge in [0.25, 0.3) is 0 Å². The Morgan fingerprint density at radius 1 is 1.17 bits per heavy atom. The molecule has 2 aromatic rings. The average Bonchev–Trinajstić information content (AvgIpc) is 2.28. The van der Waals surface area contributed by atoms with Gasteiger partial charge in [0.05, 0.1) is 0 Å². The van der Waals surface area contributed by atoms with Crippen molar-refractivity contribution < 1.29 is 4.39 Å². The van der Waals surface area contributed by atoms with Gasteiger partial charge >= 0.3 is 0 Å². The second-order valence-electron chi connectivity index (χ2n) is 4.34. The fourth-order valence-electron chi connectivity index (χ4n) is 2.07. The Labute approximate surface area is 112 Å². The first-order valence-corrected chi connectivity index (χ1v) is 6.18. The van der Waals surface area contributed by atoms with Gasteiger partial charge in [-0.2, -0.15) is 0 Å². The van der Waals surface area contributed by atoms with Gasteiger partial charge in [0.2, 0.25) is 0 Å². The summed E-state index contributed by atoms with van der Waals surface area (Å²) in [6, 6.07) is 10.8. The van der Waals surface area contributed by atoms with Crippen LogP contribution in [0.2, 0.25) is 5.02 Å². The van der Waals surface area contributed by atoms with E-state index in [1.165, 1.54) is 17.7 Å². The lowest BCUT2D eigenvalue weighted by molar-refractivity contribution is 0.628. The van der Waals surface area contributed by atoms with Gasteiger partial charge in [-0.05, 0) is 54.4 Å². The van der Waals surface area contributed by atoms with Crippen LogP contribution in [0.1, 0.15) is 11.1 Å². The van der Waals surface area contributed by atoms with E-state index in [4.69, 9.17) is 11.6 Å². The molecule has 0 aliphatic carbocycles. The third kappa shape index (κ3) is 2.89. The van der Waals surface area contributed by atoms with Crippen molar-refractivity contribution >= 4 is 11.6 Å². The molecule has 0 aliphatic rings. The molecule has 0 atom stereocenters. The van der Waals surface area contributed by atoms with Gasteiger partial charge in [-0.1, -0.05) is 29.8 Å². The summed E-state index contributed by atoms with van der Waals surface area (Å²) in [6.07, 6.45) is 0. The highest BCUT2D eigenvalue weighted by Gasteiger charge is 2.06. The van der Waals surface area contributed by atoms with Crippen LogP contribution < -0.4 is 5.32 Å². The van der Waals surface area contributed by atoms with Crippen LogP contribution in [0.15, 0.2) is 36.4 Å². The van der Waals surface area contributed by atoms with Crippen molar-refractivity contribution in [1.29, 1.82) is 0 Å². The molecule has 1 nitrogen and oxygen atoms in total. The van der Waals surface area contributed by atoms with E-state index in [2.05, 4.69) is 11.4 Å². The fraction of sp³-hybridized carbons (Fsp3) is 0.200. The lowest BCUT2D eigenvalue weighted by Gasteiger charge is -2.09. The monoisotopic (exact) mass is 263 g/mol. The van der Waals surface area contributed by atoms with Gasteiger partial charge in [0.15, 0.2) is 0 Å². The highest BCUT2D eigenvalue weighted by Crippen LogP contribution is 2.27. The predicted octanol–water partition coefficient (Wildman–Crippen LogP) is 4.17. The Bertz CT molecular complexity index is 546. The summed E-state index contributed by atoms with van der Waals surface area (Å²) in [7, 11) is 1.91. The number of rotatable bonds is 3. The zero-order valence-corrected chi connectivity index (χ0v) is 11.2. The first-order chi connectivity index (χ1) is 8.60. The molecule has 0 saturated carbocycles. The highest BCUT2D eigenvalue weighted by atomic mass is 35.5. The fourth-order valence-corrected chi connectivity index (χ4v) is 2.29. The second-order valence-corrected chi connectivity index (χ2v) is 4.77. The Kier molecular flexibility index (Phi) is 4.00. The Morgan fingerprint density at radius 2 is 1.94 bits per heavy atom. The molecule has 0 fully saturated rings. The van der Waals surface area contributed by atoms with Crippen LogP contribution in [0.4, 0.5) is 4.39 Å². The van der Waals surface area contributed by atoms with E-state index >= 15 is 0 Å². The molecule has 0 radical (unpaired) electrons. The zero-order chi connectivity index (χ0) is 13.1. The first-order valence-electron chi connectivity index (χ1n) is 5.81. The van der Waals surface area contributed by atoms with Crippen LogP contribution in [-0.2, 0) is 6.54 Å². The molecule has 0 bridgehead atoms. The molecule has 18 heavy (non-hydrogen) atoms.